The minimum absolute atomic E-state index is 0.0172. The number of phenolic OH excluding ortho intramolecular Hbond substituents is 2. The van der Waals surface area contributed by atoms with Crippen LogP contribution in [-0.2, 0) is 4.79 Å². The number of hydrogen-bond donors (Lipinski definition) is 2. The number of phenols is 2. The Bertz CT molecular complexity index is 1370. The van der Waals surface area contributed by atoms with Gasteiger partial charge in [-0.25, -0.2) is 0 Å². The molecule has 7 nitrogen and oxygen atoms in total. The quantitative estimate of drug-likeness (QED) is 0.225. The average Bonchev–Trinajstić information content (AvgIpc) is 3.02. The summed E-state index contributed by atoms with van der Waals surface area (Å²) >= 11 is 0. The van der Waals surface area contributed by atoms with E-state index in [1.165, 1.54) is 0 Å². The number of carbonyl (C=O) groups excluding carboxylic acids is 3. The van der Waals surface area contributed by atoms with E-state index in [2.05, 4.69) is 0 Å². The van der Waals surface area contributed by atoms with Crippen LogP contribution < -0.4 is 9.80 Å². The van der Waals surface area contributed by atoms with Crippen molar-refractivity contribution in [2.24, 2.45) is 10.8 Å². The van der Waals surface area contributed by atoms with Crippen molar-refractivity contribution in [3.63, 3.8) is 0 Å². The Hall–Kier alpha value is -4.39. The van der Waals surface area contributed by atoms with Crippen LogP contribution in [0.15, 0.2) is 85.0 Å². The van der Waals surface area contributed by atoms with E-state index in [-0.39, 0.29) is 35.5 Å². The van der Waals surface area contributed by atoms with Crippen LogP contribution in [-0.4, -0.2) is 53.7 Å². The Morgan fingerprint density at radius 2 is 1.02 bits per heavy atom. The predicted molar refractivity (Wildman–Crippen MR) is 168 cm³/mol. The molecule has 4 rings (SSSR count). The van der Waals surface area contributed by atoms with Gasteiger partial charge in [0.05, 0.1) is 11.1 Å². The van der Waals surface area contributed by atoms with Crippen molar-refractivity contribution in [3.8, 4) is 11.5 Å². The van der Waals surface area contributed by atoms with E-state index >= 15 is 0 Å². The molecule has 2 aliphatic carbocycles. The van der Waals surface area contributed by atoms with Gasteiger partial charge >= 0.3 is 0 Å². The van der Waals surface area contributed by atoms with Crippen molar-refractivity contribution in [2.45, 2.75) is 40.5 Å². The molecule has 0 heterocycles. The molecule has 2 atom stereocenters. The van der Waals surface area contributed by atoms with Gasteiger partial charge in [-0.3, -0.25) is 14.4 Å². The number of allylic oxidation sites excluding steroid dienone is 8. The van der Waals surface area contributed by atoms with Crippen molar-refractivity contribution in [2.75, 3.05) is 36.0 Å². The van der Waals surface area contributed by atoms with Gasteiger partial charge < -0.3 is 20.0 Å². The van der Waals surface area contributed by atoms with Gasteiger partial charge in [0, 0.05) is 49.7 Å². The minimum atomic E-state index is -1.73. The highest BCUT2D eigenvalue weighted by atomic mass is 16.3. The number of nitrogens with zero attached hydrogens (tertiary/aromatic N) is 2. The maximum Gasteiger partial charge on any atom is 0.184 e. The molecule has 0 fully saturated rings. The first-order valence-corrected chi connectivity index (χ1v) is 14.7. The van der Waals surface area contributed by atoms with Gasteiger partial charge in [-0.2, -0.15) is 0 Å². The Morgan fingerprint density at radius 1 is 0.643 bits per heavy atom. The SMILES string of the molecule is CCN(CC)c1ccc(C(=O)C2(C(=O)C3(C(=O)c4ccc(N(CC)CC)cc4O)C=CC=CC3)C=CC=CC2)c(O)c1. The molecule has 220 valence electrons. The minimum Gasteiger partial charge on any atom is -0.507 e. The van der Waals surface area contributed by atoms with Crippen molar-refractivity contribution in [3.05, 3.63) is 96.1 Å². The molecule has 2 aromatic rings. The number of anilines is 2. The van der Waals surface area contributed by atoms with Gasteiger partial charge in [-0.15, -0.1) is 0 Å². The van der Waals surface area contributed by atoms with Crippen LogP contribution in [0.3, 0.4) is 0 Å². The first kappa shape index (κ1) is 30.6. The van der Waals surface area contributed by atoms with Crippen LogP contribution in [0.25, 0.3) is 0 Å². The van der Waals surface area contributed by atoms with Gasteiger partial charge in [0.25, 0.3) is 0 Å². The summed E-state index contributed by atoms with van der Waals surface area (Å²) in [4.78, 5) is 47.5. The van der Waals surface area contributed by atoms with Crippen LogP contribution in [0.2, 0.25) is 0 Å². The molecule has 2 aromatic carbocycles. The fourth-order valence-corrected chi connectivity index (χ4v) is 5.99. The number of ketones is 3. The Balaban J connectivity index is 1.80. The van der Waals surface area contributed by atoms with Crippen molar-refractivity contribution in [1.29, 1.82) is 0 Å². The van der Waals surface area contributed by atoms with E-state index < -0.39 is 28.2 Å². The highest BCUT2D eigenvalue weighted by Gasteiger charge is 2.56. The third-order valence-electron chi connectivity index (χ3n) is 8.47. The normalized spacial score (nSPS) is 20.9. The number of aromatic hydroxyl groups is 2. The highest BCUT2D eigenvalue weighted by Crippen LogP contribution is 2.47. The molecule has 42 heavy (non-hydrogen) atoms. The van der Waals surface area contributed by atoms with E-state index in [1.807, 2.05) is 37.5 Å². The summed E-state index contributed by atoms with van der Waals surface area (Å²) in [5, 5.41) is 22.0. The zero-order chi connectivity index (χ0) is 30.5. The van der Waals surface area contributed by atoms with E-state index in [0.29, 0.717) is 0 Å². The lowest BCUT2D eigenvalue weighted by Crippen LogP contribution is -2.50. The molecule has 0 bridgehead atoms. The predicted octanol–water partition coefficient (Wildman–Crippen LogP) is 6.43. The molecule has 0 aliphatic heterocycles. The average molecular weight is 569 g/mol. The first-order chi connectivity index (χ1) is 20.2. The summed E-state index contributed by atoms with van der Waals surface area (Å²) in [6, 6.07) is 9.71. The summed E-state index contributed by atoms with van der Waals surface area (Å²) in [6.45, 7) is 10.9. The molecule has 0 radical (unpaired) electrons. The number of hydrogen-bond acceptors (Lipinski definition) is 7. The van der Waals surface area contributed by atoms with Gasteiger partial charge in [0.15, 0.2) is 17.3 Å². The molecule has 2 unspecified atom stereocenters. The summed E-state index contributed by atoms with van der Waals surface area (Å²) in [6.07, 6.45) is 13.4. The van der Waals surface area contributed by atoms with Crippen LogP contribution in [0.4, 0.5) is 11.4 Å². The maximum atomic E-state index is 14.8. The monoisotopic (exact) mass is 568 g/mol. The maximum absolute atomic E-state index is 14.8. The first-order valence-electron chi connectivity index (χ1n) is 14.7. The Labute approximate surface area is 248 Å². The van der Waals surface area contributed by atoms with E-state index in [0.717, 1.165) is 37.6 Å². The van der Waals surface area contributed by atoms with Crippen LogP contribution in [0.1, 0.15) is 61.3 Å². The number of carbonyl (C=O) groups is 3. The molecule has 2 N–H and O–H groups in total. The largest absolute Gasteiger partial charge is 0.507 e. The number of benzene rings is 2. The molecule has 0 spiro atoms. The molecule has 0 aromatic heterocycles. The third-order valence-corrected chi connectivity index (χ3v) is 8.47. The van der Waals surface area contributed by atoms with E-state index in [9.17, 15) is 24.6 Å². The summed E-state index contributed by atoms with van der Waals surface area (Å²) in [7, 11) is 0. The standard InChI is InChI=1S/C35H40N2O5/c1-5-36(6-2)25-15-17-27(29(38)23-25)31(40)34(19-11-9-12-20-34)33(42)35(21-13-10-14-22-35)32(41)28-18-16-26(24-30(28)39)37(7-3)8-4/h9-19,21,23-24,38-39H,5-8,20,22H2,1-4H3. The fourth-order valence-electron chi connectivity index (χ4n) is 5.99. The summed E-state index contributed by atoms with van der Waals surface area (Å²) < 4.78 is 0. The van der Waals surface area contributed by atoms with Crippen molar-refractivity contribution < 1.29 is 24.6 Å². The van der Waals surface area contributed by atoms with Gasteiger partial charge in [-0.05, 0) is 64.8 Å². The van der Waals surface area contributed by atoms with Crippen LogP contribution in [0, 0.1) is 10.8 Å². The van der Waals surface area contributed by atoms with Gasteiger partial charge in [0.1, 0.15) is 22.3 Å². The zero-order valence-electron chi connectivity index (χ0n) is 24.8. The third kappa shape index (κ3) is 5.31. The second-order valence-electron chi connectivity index (χ2n) is 10.7. The molecule has 7 heteroatoms. The van der Waals surface area contributed by atoms with Crippen molar-refractivity contribution >= 4 is 28.7 Å². The lowest BCUT2D eigenvalue weighted by molar-refractivity contribution is -0.129. The lowest BCUT2D eigenvalue weighted by Gasteiger charge is -2.38. The topological polar surface area (TPSA) is 98.2 Å². The molecule has 0 amide bonds. The number of Topliss-reactive ketones (excluding diaryl/α,β-unsaturated/α-hetero) is 3. The Morgan fingerprint density at radius 3 is 1.31 bits per heavy atom. The lowest BCUT2D eigenvalue weighted by atomic mass is 9.59. The molecular weight excluding hydrogens is 528 g/mol. The zero-order valence-corrected chi connectivity index (χ0v) is 24.8. The van der Waals surface area contributed by atoms with Crippen LogP contribution >= 0.6 is 0 Å². The van der Waals surface area contributed by atoms with E-state index in [1.54, 1.807) is 85.0 Å². The van der Waals surface area contributed by atoms with E-state index in [4.69, 9.17) is 0 Å². The summed E-state index contributed by atoms with van der Waals surface area (Å²) in [5.41, 5.74) is -1.89. The molecule has 0 saturated heterocycles. The van der Waals surface area contributed by atoms with Crippen molar-refractivity contribution in [1.82, 2.24) is 0 Å². The molecule has 0 saturated carbocycles. The fraction of sp³-hybridized carbons (Fsp3) is 0.343. The second-order valence-corrected chi connectivity index (χ2v) is 10.7. The number of rotatable bonds is 12. The molecular formula is C35H40N2O5. The second kappa shape index (κ2) is 12.6. The molecule has 2 aliphatic rings. The smallest absolute Gasteiger partial charge is 0.184 e. The summed E-state index contributed by atoms with van der Waals surface area (Å²) in [5.74, 6) is -2.18. The van der Waals surface area contributed by atoms with Crippen LogP contribution in [0.5, 0.6) is 11.5 Å². The van der Waals surface area contributed by atoms with Gasteiger partial charge in [0.2, 0.25) is 0 Å². The Kier molecular flexibility index (Phi) is 9.20. The highest BCUT2D eigenvalue weighted by molar-refractivity contribution is 6.27. The van der Waals surface area contributed by atoms with Gasteiger partial charge in [-0.1, -0.05) is 48.6 Å².